The molecule has 0 bridgehead atoms. The molecule has 4 heteroatoms. The van der Waals surface area contributed by atoms with Gasteiger partial charge in [0.1, 0.15) is 5.75 Å². The molecule has 4 nitrogen and oxygen atoms in total. The van der Waals surface area contributed by atoms with Gasteiger partial charge in [0.05, 0.1) is 0 Å². The van der Waals surface area contributed by atoms with Crippen molar-refractivity contribution in [2.45, 2.75) is 6.92 Å². The van der Waals surface area contributed by atoms with Crippen molar-refractivity contribution in [1.82, 2.24) is 5.32 Å². The maximum Gasteiger partial charge on any atom is 0.257 e. The molecule has 0 aromatic heterocycles. The lowest BCUT2D eigenvalue weighted by Crippen LogP contribution is -2.24. The second kappa shape index (κ2) is 6.61. The van der Waals surface area contributed by atoms with Crippen LogP contribution in [-0.4, -0.2) is 19.6 Å². The van der Waals surface area contributed by atoms with Crippen molar-refractivity contribution >= 4 is 5.91 Å². The van der Waals surface area contributed by atoms with Gasteiger partial charge in [-0.1, -0.05) is 29.8 Å². The highest BCUT2D eigenvalue weighted by Gasteiger charge is 2.07. The molecule has 0 radical (unpaired) electrons. The number of aryl methyl sites for hydroxylation is 1. The monoisotopic (exact) mass is 271 g/mol. The van der Waals surface area contributed by atoms with Gasteiger partial charge in [-0.25, -0.2) is 0 Å². The van der Waals surface area contributed by atoms with Crippen LogP contribution in [0.2, 0.25) is 0 Å². The lowest BCUT2D eigenvalue weighted by molar-refractivity contribution is -0.122. The minimum atomic E-state index is -0.185. The number of carbonyl (C=O) groups excluding carboxylic acids is 1. The molecule has 0 aliphatic rings. The molecule has 0 aliphatic carbocycles. The molecule has 1 amide bonds. The molecule has 0 aliphatic heterocycles. The molecule has 0 unspecified atom stereocenters. The average molecular weight is 271 g/mol. The summed E-state index contributed by atoms with van der Waals surface area (Å²) >= 11 is 0. The summed E-state index contributed by atoms with van der Waals surface area (Å²) in [5.41, 5.74) is 1.17. The number of nitrogens with one attached hydrogen (secondary N) is 1. The van der Waals surface area contributed by atoms with Gasteiger partial charge in [0.25, 0.3) is 5.91 Å². The van der Waals surface area contributed by atoms with Crippen LogP contribution >= 0.6 is 0 Å². The molecular weight excluding hydrogens is 254 g/mol. The zero-order chi connectivity index (χ0) is 14.4. The highest BCUT2D eigenvalue weighted by molar-refractivity contribution is 5.77. The predicted molar refractivity (Wildman–Crippen MR) is 77.3 cm³/mol. The highest BCUT2D eigenvalue weighted by Crippen LogP contribution is 2.31. The first-order valence-corrected chi connectivity index (χ1v) is 6.36. The molecule has 0 saturated heterocycles. The first kappa shape index (κ1) is 13.9. The SMILES string of the molecule is CNC(=O)COc1ccccc1Oc1ccc(C)cc1. The molecular formula is C16H17NO3. The van der Waals surface area contributed by atoms with Crippen LogP contribution in [0.1, 0.15) is 5.56 Å². The number of likely N-dealkylation sites (N-methyl/N-ethyl adjacent to an activating group) is 1. The van der Waals surface area contributed by atoms with Gasteiger partial charge in [-0.2, -0.15) is 0 Å². The second-order valence-corrected chi connectivity index (χ2v) is 4.32. The predicted octanol–water partition coefficient (Wildman–Crippen LogP) is 2.91. The van der Waals surface area contributed by atoms with E-state index in [0.717, 1.165) is 5.75 Å². The lowest BCUT2D eigenvalue weighted by atomic mass is 10.2. The van der Waals surface area contributed by atoms with Crippen molar-refractivity contribution in [2.24, 2.45) is 0 Å². The van der Waals surface area contributed by atoms with Gasteiger partial charge < -0.3 is 14.8 Å². The summed E-state index contributed by atoms with van der Waals surface area (Å²) in [4.78, 5) is 11.2. The van der Waals surface area contributed by atoms with Crippen LogP contribution in [-0.2, 0) is 4.79 Å². The Kier molecular flexibility index (Phi) is 4.60. The van der Waals surface area contributed by atoms with Crippen LogP contribution in [0.5, 0.6) is 17.2 Å². The molecule has 0 saturated carbocycles. The maximum absolute atomic E-state index is 11.2. The number of hydrogen-bond donors (Lipinski definition) is 1. The van der Waals surface area contributed by atoms with Crippen molar-refractivity contribution in [3.63, 3.8) is 0 Å². The summed E-state index contributed by atoms with van der Waals surface area (Å²) in [6, 6.07) is 15.0. The second-order valence-electron chi connectivity index (χ2n) is 4.32. The number of carbonyl (C=O) groups is 1. The van der Waals surface area contributed by atoms with E-state index in [9.17, 15) is 4.79 Å². The lowest BCUT2D eigenvalue weighted by Gasteiger charge is -2.12. The first-order chi connectivity index (χ1) is 9.69. The van der Waals surface area contributed by atoms with E-state index in [1.807, 2.05) is 43.3 Å². The van der Waals surface area contributed by atoms with Crippen LogP contribution in [0.25, 0.3) is 0 Å². The smallest absolute Gasteiger partial charge is 0.257 e. The van der Waals surface area contributed by atoms with Gasteiger partial charge in [0.15, 0.2) is 18.1 Å². The molecule has 0 heterocycles. The fourth-order valence-corrected chi connectivity index (χ4v) is 1.60. The molecule has 0 spiro atoms. The zero-order valence-corrected chi connectivity index (χ0v) is 11.6. The molecule has 0 atom stereocenters. The molecule has 2 rings (SSSR count). The molecule has 20 heavy (non-hydrogen) atoms. The third-order valence-electron chi connectivity index (χ3n) is 2.74. The summed E-state index contributed by atoms with van der Waals surface area (Å²) in [6.45, 7) is 1.98. The minimum Gasteiger partial charge on any atom is -0.480 e. The number of ether oxygens (including phenoxy) is 2. The van der Waals surface area contributed by atoms with Crippen LogP contribution < -0.4 is 14.8 Å². The Morgan fingerprint density at radius 2 is 1.70 bits per heavy atom. The fraction of sp³-hybridized carbons (Fsp3) is 0.188. The van der Waals surface area contributed by atoms with E-state index in [-0.39, 0.29) is 12.5 Å². The number of para-hydroxylation sites is 2. The number of hydrogen-bond acceptors (Lipinski definition) is 3. The Balaban J connectivity index is 2.11. The van der Waals surface area contributed by atoms with Gasteiger partial charge >= 0.3 is 0 Å². The molecule has 2 aromatic rings. The summed E-state index contributed by atoms with van der Waals surface area (Å²) in [7, 11) is 1.57. The van der Waals surface area contributed by atoms with E-state index in [1.165, 1.54) is 5.56 Å². The molecule has 0 fully saturated rings. The van der Waals surface area contributed by atoms with Gasteiger partial charge in [0.2, 0.25) is 0 Å². The van der Waals surface area contributed by atoms with Crippen LogP contribution in [0, 0.1) is 6.92 Å². The van der Waals surface area contributed by atoms with E-state index in [2.05, 4.69) is 5.32 Å². The van der Waals surface area contributed by atoms with E-state index in [1.54, 1.807) is 19.2 Å². The normalized spacial score (nSPS) is 9.90. The first-order valence-electron chi connectivity index (χ1n) is 6.36. The van der Waals surface area contributed by atoms with Crippen LogP contribution in [0.3, 0.4) is 0 Å². The zero-order valence-electron chi connectivity index (χ0n) is 11.6. The minimum absolute atomic E-state index is 0.0369. The van der Waals surface area contributed by atoms with Crippen molar-refractivity contribution in [2.75, 3.05) is 13.7 Å². The van der Waals surface area contributed by atoms with Gasteiger partial charge in [0, 0.05) is 7.05 Å². The van der Waals surface area contributed by atoms with Crippen LogP contribution in [0.15, 0.2) is 48.5 Å². The van der Waals surface area contributed by atoms with Gasteiger partial charge in [-0.05, 0) is 31.2 Å². The van der Waals surface area contributed by atoms with Gasteiger partial charge in [-0.15, -0.1) is 0 Å². The van der Waals surface area contributed by atoms with E-state index in [4.69, 9.17) is 9.47 Å². The van der Waals surface area contributed by atoms with Crippen LogP contribution in [0.4, 0.5) is 0 Å². The van der Waals surface area contributed by atoms with Gasteiger partial charge in [-0.3, -0.25) is 4.79 Å². The van der Waals surface area contributed by atoms with Crippen molar-refractivity contribution in [3.8, 4) is 17.2 Å². The Morgan fingerprint density at radius 1 is 1.05 bits per heavy atom. The average Bonchev–Trinajstić information content (AvgIpc) is 2.48. The number of rotatable bonds is 5. The topological polar surface area (TPSA) is 47.6 Å². The van der Waals surface area contributed by atoms with E-state index >= 15 is 0 Å². The standard InChI is InChI=1S/C16H17NO3/c1-12-7-9-13(10-8-12)20-15-6-4-3-5-14(15)19-11-16(18)17-2/h3-10H,11H2,1-2H3,(H,17,18). The summed E-state index contributed by atoms with van der Waals surface area (Å²) < 4.78 is 11.2. The Hall–Kier alpha value is -2.49. The summed E-state index contributed by atoms with van der Waals surface area (Å²) in [5.74, 6) is 1.67. The quantitative estimate of drug-likeness (QED) is 0.909. The molecule has 2 aromatic carbocycles. The van der Waals surface area contributed by atoms with E-state index < -0.39 is 0 Å². The molecule has 104 valence electrons. The van der Waals surface area contributed by atoms with E-state index in [0.29, 0.717) is 11.5 Å². The molecule has 1 N–H and O–H groups in total. The Morgan fingerprint density at radius 3 is 2.35 bits per heavy atom. The summed E-state index contributed by atoms with van der Waals surface area (Å²) in [5, 5.41) is 2.51. The Bertz CT molecular complexity index is 579. The third-order valence-corrected chi connectivity index (χ3v) is 2.74. The van der Waals surface area contributed by atoms with Crippen molar-refractivity contribution in [1.29, 1.82) is 0 Å². The third kappa shape index (κ3) is 3.75. The number of benzene rings is 2. The maximum atomic E-state index is 11.2. The fourth-order valence-electron chi connectivity index (χ4n) is 1.60. The van der Waals surface area contributed by atoms with Crippen molar-refractivity contribution in [3.05, 3.63) is 54.1 Å². The summed E-state index contributed by atoms with van der Waals surface area (Å²) in [6.07, 6.45) is 0. The van der Waals surface area contributed by atoms with Crippen molar-refractivity contribution < 1.29 is 14.3 Å². The number of amides is 1. The highest BCUT2D eigenvalue weighted by atomic mass is 16.5. The Labute approximate surface area is 118 Å². The largest absolute Gasteiger partial charge is 0.480 e.